The third-order valence-electron chi connectivity index (χ3n) is 3.15. The van der Waals surface area contributed by atoms with Crippen molar-refractivity contribution in [1.29, 1.82) is 0 Å². The zero-order chi connectivity index (χ0) is 15.6. The SMILES string of the molecule is CC(C)Cc1cc(C(=O)O)n(Cc2ccc(F)c(Cl)c2)c1. The van der Waals surface area contributed by atoms with Gasteiger partial charge in [0.1, 0.15) is 11.5 Å². The molecule has 1 aromatic carbocycles. The maximum atomic E-state index is 13.2. The maximum Gasteiger partial charge on any atom is 0.352 e. The van der Waals surface area contributed by atoms with Crippen LogP contribution >= 0.6 is 11.6 Å². The number of rotatable bonds is 5. The number of carboxylic acids is 1. The van der Waals surface area contributed by atoms with Crippen molar-refractivity contribution in [3.63, 3.8) is 0 Å². The number of halogens is 2. The molecule has 21 heavy (non-hydrogen) atoms. The number of hydrogen-bond acceptors (Lipinski definition) is 1. The lowest BCUT2D eigenvalue weighted by Crippen LogP contribution is -2.08. The third kappa shape index (κ3) is 3.85. The van der Waals surface area contributed by atoms with Crippen LogP contribution in [0, 0.1) is 11.7 Å². The van der Waals surface area contributed by atoms with E-state index in [2.05, 4.69) is 13.8 Å². The summed E-state index contributed by atoms with van der Waals surface area (Å²) < 4.78 is 14.8. The summed E-state index contributed by atoms with van der Waals surface area (Å²) >= 11 is 5.76. The first-order valence-corrected chi connectivity index (χ1v) is 7.11. The Morgan fingerprint density at radius 2 is 2.05 bits per heavy atom. The standard InChI is InChI=1S/C16H17ClFNO2/c1-10(2)5-12-7-15(16(20)21)19(9-12)8-11-3-4-14(18)13(17)6-11/h3-4,6-7,9-10H,5,8H2,1-2H3,(H,20,21). The molecule has 1 N–H and O–H groups in total. The minimum atomic E-state index is -0.974. The van der Waals surface area contributed by atoms with Gasteiger partial charge in [0.05, 0.1) is 5.02 Å². The van der Waals surface area contributed by atoms with Gasteiger partial charge in [-0.05, 0) is 41.7 Å². The van der Waals surface area contributed by atoms with E-state index in [1.807, 2.05) is 6.20 Å². The molecule has 0 aliphatic heterocycles. The quantitative estimate of drug-likeness (QED) is 0.898. The molecule has 0 unspecified atom stereocenters. The largest absolute Gasteiger partial charge is 0.477 e. The van der Waals surface area contributed by atoms with Gasteiger partial charge in [-0.25, -0.2) is 9.18 Å². The molecule has 1 heterocycles. The molecule has 0 saturated heterocycles. The van der Waals surface area contributed by atoms with Gasteiger partial charge in [-0.1, -0.05) is 31.5 Å². The van der Waals surface area contributed by atoms with E-state index >= 15 is 0 Å². The molecule has 0 fully saturated rings. The van der Waals surface area contributed by atoms with E-state index in [9.17, 15) is 14.3 Å². The maximum absolute atomic E-state index is 13.2. The molecule has 0 aliphatic carbocycles. The second-order valence-corrected chi connectivity index (χ2v) is 5.92. The Morgan fingerprint density at radius 1 is 1.33 bits per heavy atom. The fraction of sp³-hybridized carbons (Fsp3) is 0.312. The zero-order valence-electron chi connectivity index (χ0n) is 11.9. The molecule has 0 aliphatic rings. The Bertz CT molecular complexity index is 664. The Balaban J connectivity index is 2.31. The first kappa shape index (κ1) is 15.6. The van der Waals surface area contributed by atoms with Gasteiger partial charge in [-0.2, -0.15) is 0 Å². The normalized spacial score (nSPS) is 11.1. The summed E-state index contributed by atoms with van der Waals surface area (Å²) in [6.45, 7) is 4.51. The van der Waals surface area contributed by atoms with Gasteiger partial charge in [0.15, 0.2) is 0 Å². The van der Waals surface area contributed by atoms with Gasteiger partial charge in [0.2, 0.25) is 0 Å². The monoisotopic (exact) mass is 309 g/mol. The summed E-state index contributed by atoms with van der Waals surface area (Å²) in [6.07, 6.45) is 2.65. The number of aromatic nitrogens is 1. The van der Waals surface area contributed by atoms with Crippen LogP contribution in [-0.2, 0) is 13.0 Å². The van der Waals surface area contributed by atoms with Gasteiger partial charge < -0.3 is 9.67 Å². The van der Waals surface area contributed by atoms with Crippen molar-refractivity contribution in [2.75, 3.05) is 0 Å². The molecule has 0 saturated carbocycles. The van der Waals surface area contributed by atoms with Crippen LogP contribution < -0.4 is 0 Å². The molecule has 2 aromatic rings. The van der Waals surface area contributed by atoms with Crippen molar-refractivity contribution < 1.29 is 14.3 Å². The lowest BCUT2D eigenvalue weighted by molar-refractivity contribution is 0.0685. The highest BCUT2D eigenvalue weighted by Gasteiger charge is 2.14. The molecule has 0 amide bonds. The summed E-state index contributed by atoms with van der Waals surface area (Å²) in [5, 5.41) is 9.32. The van der Waals surface area contributed by atoms with E-state index in [1.54, 1.807) is 16.7 Å². The minimum absolute atomic E-state index is 0.0407. The van der Waals surface area contributed by atoms with Gasteiger partial charge in [-0.15, -0.1) is 0 Å². The van der Waals surface area contributed by atoms with Crippen LogP contribution in [0.3, 0.4) is 0 Å². The Labute approximate surface area is 128 Å². The average molecular weight is 310 g/mol. The van der Waals surface area contributed by atoms with Crippen LogP contribution in [-0.4, -0.2) is 15.6 Å². The van der Waals surface area contributed by atoms with Crippen LogP contribution in [0.4, 0.5) is 4.39 Å². The minimum Gasteiger partial charge on any atom is -0.477 e. The summed E-state index contributed by atoms with van der Waals surface area (Å²) in [5.74, 6) is -1.01. The van der Waals surface area contributed by atoms with Crippen molar-refractivity contribution in [2.24, 2.45) is 5.92 Å². The first-order chi connectivity index (χ1) is 9.86. The molecule has 1 aromatic heterocycles. The van der Waals surface area contributed by atoms with Gasteiger partial charge in [0.25, 0.3) is 0 Å². The number of nitrogens with zero attached hydrogens (tertiary/aromatic N) is 1. The van der Waals surface area contributed by atoms with E-state index in [0.717, 1.165) is 17.5 Å². The summed E-state index contributed by atoms with van der Waals surface area (Å²) in [7, 11) is 0. The molecule has 0 bridgehead atoms. The van der Waals surface area contributed by atoms with E-state index in [0.29, 0.717) is 12.5 Å². The van der Waals surface area contributed by atoms with Crippen molar-refractivity contribution in [3.8, 4) is 0 Å². The first-order valence-electron chi connectivity index (χ1n) is 6.73. The summed E-state index contributed by atoms with van der Waals surface area (Å²) in [5.41, 5.74) is 1.97. The van der Waals surface area contributed by atoms with E-state index in [-0.39, 0.29) is 10.7 Å². The zero-order valence-corrected chi connectivity index (χ0v) is 12.7. The molecule has 3 nitrogen and oxygen atoms in total. The van der Waals surface area contributed by atoms with Crippen molar-refractivity contribution in [2.45, 2.75) is 26.8 Å². The van der Waals surface area contributed by atoms with Crippen molar-refractivity contribution in [3.05, 3.63) is 58.1 Å². The van der Waals surface area contributed by atoms with E-state index < -0.39 is 11.8 Å². The molecule has 0 radical (unpaired) electrons. The Morgan fingerprint density at radius 3 is 2.62 bits per heavy atom. The van der Waals surface area contributed by atoms with Gasteiger partial charge in [-0.3, -0.25) is 0 Å². The number of hydrogen-bond donors (Lipinski definition) is 1. The highest BCUT2D eigenvalue weighted by Crippen LogP contribution is 2.19. The predicted octanol–water partition coefficient (Wildman–Crippen LogP) is 4.23. The third-order valence-corrected chi connectivity index (χ3v) is 3.44. The molecular formula is C16H17ClFNO2. The van der Waals surface area contributed by atoms with Gasteiger partial charge in [0, 0.05) is 12.7 Å². The number of carboxylic acid groups (broad SMARTS) is 1. The Kier molecular flexibility index (Phi) is 4.68. The predicted molar refractivity (Wildman–Crippen MR) is 80.4 cm³/mol. The lowest BCUT2D eigenvalue weighted by Gasteiger charge is -2.07. The molecule has 0 spiro atoms. The average Bonchev–Trinajstić information content (AvgIpc) is 2.76. The molecule has 2 rings (SSSR count). The highest BCUT2D eigenvalue weighted by molar-refractivity contribution is 6.30. The molecular weight excluding hydrogens is 293 g/mol. The molecule has 112 valence electrons. The van der Waals surface area contributed by atoms with Crippen molar-refractivity contribution >= 4 is 17.6 Å². The fourth-order valence-electron chi connectivity index (χ4n) is 2.30. The number of benzene rings is 1. The smallest absolute Gasteiger partial charge is 0.352 e. The van der Waals surface area contributed by atoms with Crippen LogP contribution in [0.1, 0.15) is 35.5 Å². The number of carbonyl (C=O) groups is 1. The number of aromatic carboxylic acids is 1. The van der Waals surface area contributed by atoms with Crippen LogP contribution in [0.5, 0.6) is 0 Å². The molecule has 0 atom stereocenters. The summed E-state index contributed by atoms with van der Waals surface area (Å²) in [6, 6.07) is 6.10. The summed E-state index contributed by atoms with van der Waals surface area (Å²) in [4.78, 5) is 11.3. The highest BCUT2D eigenvalue weighted by atomic mass is 35.5. The second-order valence-electron chi connectivity index (χ2n) is 5.51. The van der Waals surface area contributed by atoms with Crippen LogP contribution in [0.25, 0.3) is 0 Å². The van der Waals surface area contributed by atoms with Crippen molar-refractivity contribution in [1.82, 2.24) is 4.57 Å². The van der Waals surface area contributed by atoms with E-state index in [1.165, 1.54) is 12.1 Å². The Hall–Kier alpha value is -1.81. The fourth-order valence-corrected chi connectivity index (χ4v) is 2.50. The lowest BCUT2D eigenvalue weighted by atomic mass is 10.1. The second kappa shape index (κ2) is 6.31. The van der Waals surface area contributed by atoms with Gasteiger partial charge >= 0.3 is 5.97 Å². The van der Waals surface area contributed by atoms with Crippen LogP contribution in [0.15, 0.2) is 30.5 Å². The van der Waals surface area contributed by atoms with Crippen LogP contribution in [0.2, 0.25) is 5.02 Å². The van der Waals surface area contributed by atoms with E-state index in [4.69, 9.17) is 11.6 Å². The topological polar surface area (TPSA) is 42.2 Å². The molecule has 5 heteroatoms.